The second-order valence-electron chi connectivity index (χ2n) is 3.15. The molecule has 0 saturated heterocycles. The van der Waals surface area contributed by atoms with E-state index < -0.39 is 5.97 Å². The summed E-state index contributed by atoms with van der Waals surface area (Å²) in [4.78, 5) is 14.4. The normalized spacial score (nSPS) is 10.1. The van der Waals surface area contributed by atoms with Gasteiger partial charge in [-0.3, -0.25) is 9.78 Å². The molecule has 0 radical (unpaired) electrons. The predicted molar refractivity (Wildman–Crippen MR) is 57.9 cm³/mol. The number of carbonyl (C=O) groups is 1. The molecule has 0 spiro atoms. The number of rotatable bonds is 3. The highest BCUT2D eigenvalue weighted by Gasteiger charge is 2.01. The molecule has 0 aliphatic heterocycles. The number of anilines is 1. The number of nitrogens with zero attached hydrogens (tertiary/aromatic N) is 1. The SMILES string of the molecule is O=C(O)CNc1cccc2ccncc12. The lowest BCUT2D eigenvalue weighted by atomic mass is 10.1. The van der Waals surface area contributed by atoms with E-state index in [0.717, 1.165) is 16.5 Å². The van der Waals surface area contributed by atoms with Gasteiger partial charge in [0, 0.05) is 23.5 Å². The van der Waals surface area contributed by atoms with Crippen molar-refractivity contribution < 1.29 is 9.90 Å². The van der Waals surface area contributed by atoms with Gasteiger partial charge in [-0.05, 0) is 17.5 Å². The summed E-state index contributed by atoms with van der Waals surface area (Å²) in [5.74, 6) is -0.879. The van der Waals surface area contributed by atoms with E-state index in [0.29, 0.717) is 0 Å². The number of aromatic nitrogens is 1. The van der Waals surface area contributed by atoms with Crippen molar-refractivity contribution >= 4 is 22.4 Å². The molecule has 1 aromatic heterocycles. The molecule has 2 N–H and O–H groups in total. The van der Waals surface area contributed by atoms with Crippen LogP contribution in [0.2, 0.25) is 0 Å². The van der Waals surface area contributed by atoms with Crippen LogP contribution in [0.3, 0.4) is 0 Å². The molecule has 0 saturated carbocycles. The summed E-state index contributed by atoms with van der Waals surface area (Å²) < 4.78 is 0. The third-order valence-electron chi connectivity index (χ3n) is 2.11. The van der Waals surface area contributed by atoms with Crippen LogP contribution < -0.4 is 5.32 Å². The highest BCUT2D eigenvalue weighted by atomic mass is 16.4. The van der Waals surface area contributed by atoms with Crippen LogP contribution in [-0.4, -0.2) is 22.6 Å². The Morgan fingerprint density at radius 1 is 1.40 bits per heavy atom. The summed E-state index contributed by atoms with van der Waals surface area (Å²) >= 11 is 0. The standard InChI is InChI=1S/C11H10N2O2/c14-11(15)7-13-10-3-1-2-8-4-5-12-6-9(8)10/h1-6,13H,7H2,(H,14,15). The summed E-state index contributed by atoms with van der Waals surface area (Å²) in [6, 6.07) is 7.57. The Kier molecular flexibility index (Phi) is 2.49. The Bertz CT molecular complexity index is 491. The molecule has 4 nitrogen and oxygen atoms in total. The molecule has 15 heavy (non-hydrogen) atoms. The Labute approximate surface area is 86.6 Å². The fourth-order valence-electron chi connectivity index (χ4n) is 1.44. The van der Waals surface area contributed by atoms with Gasteiger partial charge in [0.2, 0.25) is 0 Å². The molecule has 0 aliphatic rings. The van der Waals surface area contributed by atoms with Gasteiger partial charge in [0.15, 0.2) is 0 Å². The second-order valence-corrected chi connectivity index (χ2v) is 3.15. The van der Waals surface area contributed by atoms with Crippen LogP contribution in [-0.2, 0) is 4.79 Å². The van der Waals surface area contributed by atoms with Gasteiger partial charge in [0.05, 0.1) is 0 Å². The molecule has 0 unspecified atom stereocenters. The maximum atomic E-state index is 10.4. The van der Waals surface area contributed by atoms with Crippen LogP contribution in [0.1, 0.15) is 0 Å². The number of aliphatic carboxylic acids is 1. The number of fused-ring (bicyclic) bond motifs is 1. The molecule has 0 fully saturated rings. The highest BCUT2D eigenvalue weighted by molar-refractivity contribution is 5.93. The van der Waals surface area contributed by atoms with E-state index in [-0.39, 0.29) is 6.54 Å². The third-order valence-corrected chi connectivity index (χ3v) is 2.11. The van der Waals surface area contributed by atoms with E-state index in [4.69, 9.17) is 5.11 Å². The highest BCUT2D eigenvalue weighted by Crippen LogP contribution is 2.21. The lowest BCUT2D eigenvalue weighted by Crippen LogP contribution is -2.12. The van der Waals surface area contributed by atoms with Crippen molar-refractivity contribution in [3.8, 4) is 0 Å². The lowest BCUT2D eigenvalue weighted by molar-refractivity contribution is -0.134. The lowest BCUT2D eigenvalue weighted by Gasteiger charge is -2.06. The van der Waals surface area contributed by atoms with E-state index in [1.54, 1.807) is 12.4 Å². The number of hydrogen-bond donors (Lipinski definition) is 2. The molecule has 1 heterocycles. The van der Waals surface area contributed by atoms with Crippen LogP contribution in [0.25, 0.3) is 10.8 Å². The fourth-order valence-corrected chi connectivity index (χ4v) is 1.44. The zero-order valence-corrected chi connectivity index (χ0v) is 7.97. The topological polar surface area (TPSA) is 62.2 Å². The van der Waals surface area contributed by atoms with E-state index in [1.165, 1.54) is 0 Å². The molecule has 0 aliphatic carbocycles. The van der Waals surface area contributed by atoms with Crippen molar-refractivity contribution in [2.75, 3.05) is 11.9 Å². The van der Waals surface area contributed by atoms with E-state index in [9.17, 15) is 4.79 Å². The Morgan fingerprint density at radius 2 is 2.27 bits per heavy atom. The minimum atomic E-state index is -0.879. The molecule has 4 heteroatoms. The molecule has 0 amide bonds. The second kappa shape index (κ2) is 3.96. The number of carboxylic acid groups (broad SMARTS) is 1. The number of nitrogens with one attached hydrogen (secondary N) is 1. The summed E-state index contributed by atoms with van der Waals surface area (Å²) in [6.45, 7) is -0.0893. The summed E-state index contributed by atoms with van der Waals surface area (Å²) in [7, 11) is 0. The maximum absolute atomic E-state index is 10.4. The monoisotopic (exact) mass is 202 g/mol. The fraction of sp³-hybridized carbons (Fsp3) is 0.0909. The van der Waals surface area contributed by atoms with Crippen molar-refractivity contribution in [1.29, 1.82) is 0 Å². The Hall–Kier alpha value is -2.10. The molecule has 76 valence electrons. The molecule has 1 aromatic carbocycles. The van der Waals surface area contributed by atoms with Crippen LogP contribution in [0.5, 0.6) is 0 Å². The zero-order valence-electron chi connectivity index (χ0n) is 7.97. The van der Waals surface area contributed by atoms with Crippen molar-refractivity contribution in [1.82, 2.24) is 4.98 Å². The molecular weight excluding hydrogens is 192 g/mol. The molecular formula is C11H10N2O2. The Balaban J connectivity index is 2.38. The van der Waals surface area contributed by atoms with Gasteiger partial charge in [-0.2, -0.15) is 0 Å². The van der Waals surface area contributed by atoms with Gasteiger partial charge in [-0.15, -0.1) is 0 Å². The first-order valence-corrected chi connectivity index (χ1v) is 4.56. The quantitative estimate of drug-likeness (QED) is 0.795. The molecule has 0 atom stereocenters. The van der Waals surface area contributed by atoms with Gasteiger partial charge in [-0.1, -0.05) is 12.1 Å². The van der Waals surface area contributed by atoms with Gasteiger partial charge in [-0.25, -0.2) is 0 Å². The molecule has 0 bridgehead atoms. The minimum absolute atomic E-state index is 0.0893. The first-order chi connectivity index (χ1) is 7.27. The summed E-state index contributed by atoms with van der Waals surface area (Å²) in [6.07, 6.45) is 3.43. The van der Waals surface area contributed by atoms with Gasteiger partial charge in [0.1, 0.15) is 6.54 Å². The van der Waals surface area contributed by atoms with Crippen LogP contribution in [0, 0.1) is 0 Å². The smallest absolute Gasteiger partial charge is 0.322 e. The van der Waals surface area contributed by atoms with E-state index in [2.05, 4.69) is 10.3 Å². The van der Waals surface area contributed by atoms with Gasteiger partial charge in [0.25, 0.3) is 0 Å². The van der Waals surface area contributed by atoms with Crippen LogP contribution in [0.15, 0.2) is 36.7 Å². The first kappa shape index (κ1) is 9.45. The number of hydrogen-bond acceptors (Lipinski definition) is 3. The third kappa shape index (κ3) is 2.04. The Morgan fingerprint density at radius 3 is 3.07 bits per heavy atom. The average Bonchev–Trinajstić information content (AvgIpc) is 2.26. The van der Waals surface area contributed by atoms with Crippen molar-refractivity contribution in [2.24, 2.45) is 0 Å². The number of benzene rings is 1. The van der Waals surface area contributed by atoms with Crippen LogP contribution >= 0.6 is 0 Å². The van der Waals surface area contributed by atoms with E-state index >= 15 is 0 Å². The van der Waals surface area contributed by atoms with Crippen molar-refractivity contribution in [3.05, 3.63) is 36.7 Å². The van der Waals surface area contributed by atoms with Crippen molar-refractivity contribution in [3.63, 3.8) is 0 Å². The summed E-state index contributed by atoms with van der Waals surface area (Å²) in [5, 5.41) is 13.4. The van der Waals surface area contributed by atoms with Crippen molar-refractivity contribution in [2.45, 2.75) is 0 Å². The minimum Gasteiger partial charge on any atom is -0.480 e. The van der Waals surface area contributed by atoms with Gasteiger partial charge >= 0.3 is 5.97 Å². The number of pyridine rings is 1. The van der Waals surface area contributed by atoms with Gasteiger partial charge < -0.3 is 10.4 Å². The largest absolute Gasteiger partial charge is 0.480 e. The van der Waals surface area contributed by atoms with E-state index in [1.807, 2.05) is 24.3 Å². The van der Waals surface area contributed by atoms with Crippen LogP contribution in [0.4, 0.5) is 5.69 Å². The average molecular weight is 202 g/mol. The summed E-state index contributed by atoms with van der Waals surface area (Å²) in [5.41, 5.74) is 0.794. The zero-order chi connectivity index (χ0) is 10.7. The predicted octanol–water partition coefficient (Wildman–Crippen LogP) is 1.73. The number of carboxylic acids is 1. The first-order valence-electron chi connectivity index (χ1n) is 4.56. The maximum Gasteiger partial charge on any atom is 0.322 e. The molecule has 2 rings (SSSR count). The molecule has 2 aromatic rings.